The first-order chi connectivity index (χ1) is 20.2. The monoisotopic (exact) mass is 572 g/mol. The summed E-state index contributed by atoms with van der Waals surface area (Å²) in [5.74, 6) is 3.10. The molecule has 5 N–H and O–H groups in total. The number of rotatable bonds is 14. The van der Waals surface area contributed by atoms with Crippen molar-refractivity contribution in [1.29, 1.82) is 0 Å². The molecule has 2 aliphatic heterocycles. The smallest absolute Gasteiger partial charge is 0.232 e. The van der Waals surface area contributed by atoms with E-state index in [0.717, 1.165) is 104 Å². The van der Waals surface area contributed by atoms with Crippen LogP contribution in [0.25, 0.3) is 0 Å². The maximum Gasteiger partial charge on any atom is 0.232 e. The third-order valence-electron chi connectivity index (χ3n) is 9.65. The lowest BCUT2D eigenvalue weighted by Gasteiger charge is -2.36. The van der Waals surface area contributed by atoms with Crippen LogP contribution < -0.4 is 26.6 Å². The molecule has 0 bridgehead atoms. The number of nitrogen functional groups attached to an aromatic ring is 1. The van der Waals surface area contributed by atoms with Crippen molar-refractivity contribution in [1.82, 2.24) is 35.4 Å². The topological polar surface area (TPSA) is 120 Å². The van der Waals surface area contributed by atoms with Gasteiger partial charge in [0.15, 0.2) is 0 Å². The molecule has 5 rings (SSSR count). The van der Waals surface area contributed by atoms with Crippen LogP contribution in [0.2, 0.25) is 0 Å². The molecule has 41 heavy (non-hydrogen) atoms. The van der Waals surface area contributed by atoms with E-state index in [4.69, 9.17) is 15.5 Å². The van der Waals surface area contributed by atoms with Crippen molar-refractivity contribution in [3.8, 4) is 0 Å². The van der Waals surface area contributed by atoms with Crippen LogP contribution in [0.4, 0.5) is 17.8 Å². The van der Waals surface area contributed by atoms with E-state index in [2.05, 4.69) is 40.6 Å². The lowest BCUT2D eigenvalue weighted by molar-refractivity contribution is 0.0331. The van der Waals surface area contributed by atoms with Gasteiger partial charge < -0.3 is 31.3 Å². The van der Waals surface area contributed by atoms with E-state index in [0.29, 0.717) is 23.8 Å². The lowest BCUT2D eigenvalue weighted by atomic mass is 9.82. The van der Waals surface area contributed by atoms with Crippen molar-refractivity contribution in [3.63, 3.8) is 0 Å². The highest BCUT2D eigenvalue weighted by atomic mass is 16.5. The van der Waals surface area contributed by atoms with Gasteiger partial charge in [-0.15, -0.1) is 0 Å². The van der Waals surface area contributed by atoms with Gasteiger partial charge in [-0.05, 0) is 76.4 Å². The number of nitrogens with two attached hydrogens (primary N) is 1. The second-order valence-electron chi connectivity index (χ2n) is 12.7. The number of ether oxygens (including phenoxy) is 1. The molecule has 11 nitrogen and oxygen atoms in total. The molecule has 0 amide bonds. The highest BCUT2D eigenvalue weighted by Gasteiger charge is 2.23. The molecular formula is C30H56N10O. The number of morpholine rings is 1. The van der Waals surface area contributed by atoms with Gasteiger partial charge in [-0.1, -0.05) is 19.3 Å². The van der Waals surface area contributed by atoms with Crippen LogP contribution in [0.5, 0.6) is 0 Å². The van der Waals surface area contributed by atoms with E-state index in [9.17, 15) is 0 Å². The number of anilines is 3. The highest BCUT2D eigenvalue weighted by molar-refractivity contribution is 5.42. The molecule has 1 aromatic rings. The van der Waals surface area contributed by atoms with Crippen molar-refractivity contribution < 1.29 is 4.74 Å². The summed E-state index contributed by atoms with van der Waals surface area (Å²) in [7, 11) is 0. The van der Waals surface area contributed by atoms with Crippen LogP contribution in [0, 0.1) is 11.8 Å². The second kappa shape index (κ2) is 16.7. The summed E-state index contributed by atoms with van der Waals surface area (Å²) in [5.41, 5.74) is 6.10. The van der Waals surface area contributed by atoms with Gasteiger partial charge in [-0.25, -0.2) is 0 Å². The van der Waals surface area contributed by atoms with Crippen molar-refractivity contribution in [2.75, 3.05) is 108 Å². The minimum absolute atomic E-state index is 0.302. The summed E-state index contributed by atoms with van der Waals surface area (Å²) < 4.78 is 5.47. The van der Waals surface area contributed by atoms with E-state index in [1.165, 1.54) is 64.2 Å². The Morgan fingerprint density at radius 1 is 0.732 bits per heavy atom. The van der Waals surface area contributed by atoms with E-state index in [1.807, 2.05) is 0 Å². The molecule has 0 unspecified atom stereocenters. The predicted molar refractivity (Wildman–Crippen MR) is 166 cm³/mol. The van der Waals surface area contributed by atoms with Crippen molar-refractivity contribution in [3.05, 3.63) is 0 Å². The molecule has 0 atom stereocenters. The van der Waals surface area contributed by atoms with Crippen LogP contribution in [0.3, 0.4) is 0 Å². The quantitative estimate of drug-likeness (QED) is 0.245. The van der Waals surface area contributed by atoms with E-state index in [-0.39, 0.29) is 0 Å². The third-order valence-corrected chi connectivity index (χ3v) is 9.65. The Kier molecular flexibility index (Phi) is 12.5. The van der Waals surface area contributed by atoms with Crippen LogP contribution in [-0.4, -0.2) is 123 Å². The maximum absolute atomic E-state index is 6.10. The van der Waals surface area contributed by atoms with Gasteiger partial charge in [-0.3, -0.25) is 9.80 Å². The van der Waals surface area contributed by atoms with E-state index < -0.39 is 0 Å². The average Bonchev–Trinajstić information content (AvgIpc) is 3.02. The molecule has 0 spiro atoms. The normalized spacial score (nSPS) is 25.4. The molecule has 0 radical (unpaired) electrons. The van der Waals surface area contributed by atoms with E-state index >= 15 is 0 Å². The summed E-state index contributed by atoms with van der Waals surface area (Å²) in [5, 5.41) is 11.0. The first-order valence-corrected chi connectivity index (χ1v) is 16.7. The molecule has 11 heteroatoms. The molecule has 2 saturated carbocycles. The van der Waals surface area contributed by atoms with Gasteiger partial charge in [0.05, 0.1) is 13.2 Å². The second-order valence-corrected chi connectivity index (χ2v) is 12.7. The Balaban J connectivity index is 0.939. The summed E-state index contributed by atoms with van der Waals surface area (Å²) in [6.07, 6.45) is 13.4. The molecule has 2 aliphatic carbocycles. The number of hydrogen-bond donors (Lipinski definition) is 4. The molecule has 3 heterocycles. The Morgan fingerprint density at radius 2 is 1.41 bits per heavy atom. The number of nitrogens with zero attached hydrogens (tertiary/aromatic N) is 6. The zero-order chi connectivity index (χ0) is 28.1. The van der Waals surface area contributed by atoms with Gasteiger partial charge in [0.2, 0.25) is 17.8 Å². The van der Waals surface area contributed by atoms with Gasteiger partial charge in [0, 0.05) is 64.9 Å². The largest absolute Gasteiger partial charge is 0.379 e. The maximum atomic E-state index is 6.10. The summed E-state index contributed by atoms with van der Waals surface area (Å²) in [4.78, 5) is 20.9. The highest BCUT2D eigenvalue weighted by Crippen LogP contribution is 2.28. The number of hydrogen-bond acceptors (Lipinski definition) is 11. The Bertz CT molecular complexity index is 863. The Morgan fingerprint density at radius 3 is 2.15 bits per heavy atom. The lowest BCUT2D eigenvalue weighted by Crippen LogP contribution is -2.50. The number of piperazine rings is 1. The minimum Gasteiger partial charge on any atom is -0.379 e. The summed E-state index contributed by atoms with van der Waals surface area (Å²) in [6, 6.07) is 0.778. The molecule has 232 valence electrons. The van der Waals surface area contributed by atoms with Crippen LogP contribution in [-0.2, 0) is 4.74 Å². The molecule has 4 fully saturated rings. The molecule has 0 aromatic carbocycles. The van der Waals surface area contributed by atoms with Crippen molar-refractivity contribution in [2.45, 2.75) is 70.3 Å². The first-order valence-electron chi connectivity index (χ1n) is 16.7. The fraction of sp³-hybridized carbons (Fsp3) is 0.900. The fourth-order valence-corrected chi connectivity index (χ4v) is 6.89. The molecular weight excluding hydrogens is 516 g/mol. The third kappa shape index (κ3) is 10.5. The van der Waals surface area contributed by atoms with Crippen LogP contribution in [0.1, 0.15) is 64.2 Å². The number of nitrogens with one attached hydrogen (secondary N) is 3. The van der Waals surface area contributed by atoms with E-state index in [1.54, 1.807) is 0 Å². The number of aromatic nitrogens is 3. The van der Waals surface area contributed by atoms with Crippen molar-refractivity contribution in [2.24, 2.45) is 11.8 Å². The molecule has 2 saturated heterocycles. The molecule has 4 aliphatic rings. The zero-order valence-electron chi connectivity index (χ0n) is 25.4. The van der Waals surface area contributed by atoms with Gasteiger partial charge in [0.1, 0.15) is 0 Å². The predicted octanol–water partition coefficient (Wildman–Crippen LogP) is 2.03. The van der Waals surface area contributed by atoms with Crippen molar-refractivity contribution >= 4 is 17.8 Å². The fourth-order valence-electron chi connectivity index (χ4n) is 6.89. The minimum atomic E-state index is 0.302. The van der Waals surface area contributed by atoms with Gasteiger partial charge in [0.25, 0.3) is 0 Å². The standard InChI is InChI=1S/C30H56N10O/c31-28-35-29(37-30(36-28)40-17-15-38(16-18-40)13-14-39-19-21-41-22-20-39)34-24-26-9-7-25(8-10-26)23-32-11-4-12-33-27-5-2-1-3-6-27/h25-27,32-33H,1-24H2,(H3,31,34,35,36,37). The molecule has 1 aromatic heterocycles. The van der Waals surface area contributed by atoms with Crippen LogP contribution >= 0.6 is 0 Å². The SMILES string of the molecule is Nc1nc(NCC2CCC(CNCCCNC3CCCCC3)CC2)nc(N2CCN(CCN3CCOCC3)CC2)n1. The van der Waals surface area contributed by atoms with Crippen LogP contribution in [0.15, 0.2) is 0 Å². The average molecular weight is 573 g/mol. The van der Waals surface area contributed by atoms with Gasteiger partial charge in [-0.2, -0.15) is 15.0 Å². The zero-order valence-corrected chi connectivity index (χ0v) is 25.4. The summed E-state index contributed by atoms with van der Waals surface area (Å²) in [6.45, 7) is 14.3. The first kappa shape index (κ1) is 30.7. The Hall–Kier alpha value is -1.79. The Labute approximate surface area is 247 Å². The summed E-state index contributed by atoms with van der Waals surface area (Å²) >= 11 is 0. The van der Waals surface area contributed by atoms with Gasteiger partial charge >= 0.3 is 0 Å².